The van der Waals surface area contributed by atoms with E-state index in [1.165, 1.54) is 52.0 Å². The van der Waals surface area contributed by atoms with Crippen molar-refractivity contribution in [3.05, 3.63) is 0 Å². The van der Waals surface area contributed by atoms with Crippen molar-refractivity contribution in [1.29, 1.82) is 0 Å². The van der Waals surface area contributed by atoms with E-state index in [0.29, 0.717) is 0 Å². The fourth-order valence-electron chi connectivity index (χ4n) is 3.40. The van der Waals surface area contributed by atoms with E-state index in [9.17, 15) is 0 Å². The Morgan fingerprint density at radius 1 is 0.680 bits per heavy atom. The third-order valence-corrected chi connectivity index (χ3v) is 10.1. The summed E-state index contributed by atoms with van der Waals surface area (Å²) >= 11 is 0. The summed E-state index contributed by atoms with van der Waals surface area (Å²) in [6.07, 6.45) is 3.69. The Labute approximate surface area is 160 Å². The van der Waals surface area contributed by atoms with Crippen LogP contribution in [-0.2, 0) is 8.85 Å². The van der Waals surface area contributed by atoms with Gasteiger partial charge in [-0.15, -0.1) is 0 Å². The third kappa shape index (κ3) is 11.6. The van der Waals surface area contributed by atoms with Crippen LogP contribution in [-0.4, -0.2) is 72.2 Å². The van der Waals surface area contributed by atoms with Crippen LogP contribution >= 0.6 is 0 Å². The molecule has 0 aliphatic heterocycles. The second-order valence-corrected chi connectivity index (χ2v) is 16.4. The molecule has 0 aromatic heterocycles. The highest BCUT2D eigenvalue weighted by atomic mass is 28.4. The molecule has 25 heavy (non-hydrogen) atoms. The van der Waals surface area contributed by atoms with Gasteiger partial charge in [-0.1, -0.05) is 33.5 Å². The molecule has 4 nitrogen and oxygen atoms in total. The van der Waals surface area contributed by atoms with Crippen LogP contribution in [0.1, 0.15) is 47.0 Å². The van der Waals surface area contributed by atoms with Crippen molar-refractivity contribution < 1.29 is 8.85 Å². The van der Waals surface area contributed by atoms with E-state index in [4.69, 9.17) is 8.85 Å². The first-order chi connectivity index (χ1) is 11.7. The highest BCUT2D eigenvalue weighted by Crippen LogP contribution is 2.18. The predicted octanol–water partition coefficient (Wildman–Crippen LogP) is 4.78. The molecule has 0 unspecified atom stereocenters. The fourth-order valence-corrected chi connectivity index (χ4v) is 7.39. The number of hydrogen-bond donors (Lipinski definition) is 0. The van der Waals surface area contributed by atoms with Gasteiger partial charge in [-0.05, 0) is 65.3 Å². The molecular formula is C19H46N2O2Si2. The van der Waals surface area contributed by atoms with Crippen LogP contribution in [0.2, 0.25) is 32.2 Å². The van der Waals surface area contributed by atoms with E-state index in [2.05, 4.69) is 63.3 Å². The van der Waals surface area contributed by atoms with Crippen LogP contribution in [0.5, 0.6) is 0 Å². The van der Waals surface area contributed by atoms with Gasteiger partial charge < -0.3 is 18.3 Å². The van der Waals surface area contributed by atoms with Gasteiger partial charge in [-0.25, -0.2) is 0 Å². The van der Waals surface area contributed by atoms with Crippen molar-refractivity contribution in [3.8, 4) is 0 Å². The Kier molecular flexibility index (Phi) is 13.6. The van der Waals surface area contributed by atoms with Gasteiger partial charge in [-0.3, -0.25) is 0 Å². The van der Waals surface area contributed by atoms with Crippen molar-refractivity contribution in [3.63, 3.8) is 0 Å². The van der Waals surface area contributed by atoms with Gasteiger partial charge in [0.2, 0.25) is 0 Å². The standard InChI is InChI=1S/C19H46N2O2Si2/c1-9-14-20(15-10-2)17-18-21(24(5,6)7)16-13-19-25(8,22-11-3)23-12-4/h9-19H2,1-8H3. The number of rotatable bonds is 16. The molecule has 0 aromatic rings. The minimum atomic E-state index is -1.97. The maximum Gasteiger partial charge on any atom is 0.334 e. The third-order valence-electron chi connectivity index (χ3n) is 4.67. The summed E-state index contributed by atoms with van der Waals surface area (Å²) in [7, 11) is -3.26. The van der Waals surface area contributed by atoms with Gasteiger partial charge in [-0.2, -0.15) is 0 Å². The van der Waals surface area contributed by atoms with Crippen LogP contribution in [0.4, 0.5) is 0 Å². The van der Waals surface area contributed by atoms with E-state index in [-0.39, 0.29) is 0 Å². The van der Waals surface area contributed by atoms with Crippen molar-refractivity contribution in [2.24, 2.45) is 0 Å². The fraction of sp³-hybridized carbons (Fsp3) is 1.00. The molecule has 0 aromatic carbocycles. The zero-order chi connectivity index (χ0) is 19.3. The summed E-state index contributed by atoms with van der Waals surface area (Å²) < 4.78 is 14.8. The van der Waals surface area contributed by atoms with Gasteiger partial charge in [0.15, 0.2) is 0 Å². The summed E-state index contributed by atoms with van der Waals surface area (Å²) in [5.41, 5.74) is 0. The van der Waals surface area contributed by atoms with Crippen molar-refractivity contribution in [1.82, 2.24) is 9.47 Å². The zero-order valence-electron chi connectivity index (χ0n) is 18.5. The Balaban J connectivity index is 4.58. The zero-order valence-corrected chi connectivity index (χ0v) is 20.5. The van der Waals surface area contributed by atoms with E-state index in [1.54, 1.807) is 0 Å². The van der Waals surface area contributed by atoms with Gasteiger partial charge >= 0.3 is 8.56 Å². The molecule has 0 aliphatic rings. The lowest BCUT2D eigenvalue weighted by atomic mass is 10.3. The molecule has 6 heteroatoms. The Hall–Kier alpha value is 0.274. The predicted molar refractivity (Wildman–Crippen MR) is 116 cm³/mol. The van der Waals surface area contributed by atoms with Gasteiger partial charge in [0, 0.05) is 26.3 Å². The first kappa shape index (κ1) is 25.3. The molecule has 152 valence electrons. The van der Waals surface area contributed by atoms with Crippen LogP contribution in [0.15, 0.2) is 0 Å². The van der Waals surface area contributed by atoms with Crippen molar-refractivity contribution in [2.45, 2.75) is 79.2 Å². The van der Waals surface area contributed by atoms with Crippen LogP contribution in [0.25, 0.3) is 0 Å². The number of hydrogen-bond acceptors (Lipinski definition) is 4. The summed E-state index contributed by atoms with van der Waals surface area (Å²) in [6.45, 7) is 26.0. The lowest BCUT2D eigenvalue weighted by molar-refractivity contribution is 0.187. The molecule has 0 amide bonds. The molecule has 0 radical (unpaired) electrons. The van der Waals surface area contributed by atoms with Gasteiger partial charge in [0.25, 0.3) is 0 Å². The average molecular weight is 391 g/mol. The monoisotopic (exact) mass is 390 g/mol. The second kappa shape index (κ2) is 13.4. The second-order valence-electron chi connectivity index (χ2n) is 8.10. The van der Waals surface area contributed by atoms with Crippen molar-refractivity contribution >= 4 is 16.8 Å². The molecule has 0 atom stereocenters. The first-order valence-electron chi connectivity index (χ1n) is 10.5. The van der Waals surface area contributed by atoms with Crippen LogP contribution in [0, 0.1) is 0 Å². The molecule has 0 saturated heterocycles. The molecule has 0 rings (SSSR count). The average Bonchev–Trinajstić information content (AvgIpc) is 2.50. The Bertz CT molecular complexity index is 313. The molecular weight excluding hydrogens is 344 g/mol. The Morgan fingerprint density at radius 2 is 1.20 bits per heavy atom. The van der Waals surface area contributed by atoms with Crippen molar-refractivity contribution in [2.75, 3.05) is 45.9 Å². The summed E-state index contributed by atoms with van der Waals surface area (Å²) in [5.74, 6) is 0. The van der Waals surface area contributed by atoms with Crippen LogP contribution < -0.4 is 0 Å². The number of nitrogens with zero attached hydrogens (tertiary/aromatic N) is 2. The lowest BCUT2D eigenvalue weighted by Crippen LogP contribution is -2.50. The maximum absolute atomic E-state index is 6.00. The van der Waals surface area contributed by atoms with Gasteiger partial charge in [0.05, 0.1) is 0 Å². The minimum absolute atomic E-state index is 0.767. The van der Waals surface area contributed by atoms with E-state index >= 15 is 0 Å². The molecule has 0 saturated carbocycles. The normalized spacial score (nSPS) is 13.2. The highest BCUT2D eigenvalue weighted by molar-refractivity contribution is 6.73. The highest BCUT2D eigenvalue weighted by Gasteiger charge is 2.31. The molecule has 0 spiro atoms. The SMILES string of the molecule is CCCN(CCC)CCN(CCC[Si](C)(OCC)OCC)[Si](C)(C)C. The summed E-state index contributed by atoms with van der Waals surface area (Å²) in [4.78, 5) is 2.63. The summed E-state index contributed by atoms with van der Waals surface area (Å²) in [5, 5.41) is 0. The largest absolute Gasteiger partial charge is 0.395 e. The first-order valence-corrected chi connectivity index (χ1v) is 16.4. The van der Waals surface area contributed by atoms with E-state index in [0.717, 1.165) is 19.3 Å². The topological polar surface area (TPSA) is 24.9 Å². The van der Waals surface area contributed by atoms with Gasteiger partial charge in [0.1, 0.15) is 8.24 Å². The molecule has 0 fully saturated rings. The quantitative estimate of drug-likeness (QED) is 0.354. The van der Waals surface area contributed by atoms with E-state index in [1.807, 2.05) is 0 Å². The lowest BCUT2D eigenvalue weighted by Gasteiger charge is -2.36. The summed E-state index contributed by atoms with van der Waals surface area (Å²) in [6, 6.07) is 1.10. The maximum atomic E-state index is 6.00. The molecule has 0 bridgehead atoms. The Morgan fingerprint density at radius 3 is 1.60 bits per heavy atom. The van der Waals surface area contributed by atoms with Crippen LogP contribution in [0.3, 0.4) is 0 Å². The molecule has 0 N–H and O–H groups in total. The molecule has 0 heterocycles. The minimum Gasteiger partial charge on any atom is -0.395 e. The smallest absolute Gasteiger partial charge is 0.334 e. The van der Waals surface area contributed by atoms with E-state index < -0.39 is 16.8 Å². The molecule has 0 aliphatic carbocycles.